The first kappa shape index (κ1) is 22.4. The SMILES string of the molecule is CC1CN(C2(CNC(=O)c3cn(-c4ccccn4)c4cccc(Cl)c34)CCCCC2)CCN1. The van der Waals surface area contributed by atoms with Crippen LogP contribution in [0.5, 0.6) is 0 Å². The van der Waals surface area contributed by atoms with Crippen LogP contribution in [0.25, 0.3) is 16.7 Å². The summed E-state index contributed by atoms with van der Waals surface area (Å²) in [5.74, 6) is 0.693. The number of nitrogens with zero attached hydrogens (tertiary/aromatic N) is 3. The lowest BCUT2D eigenvalue weighted by Crippen LogP contribution is -2.63. The molecule has 3 heterocycles. The van der Waals surface area contributed by atoms with E-state index in [-0.39, 0.29) is 11.4 Å². The number of piperazine rings is 1. The third-order valence-corrected chi connectivity index (χ3v) is 7.64. The number of hydrogen-bond donors (Lipinski definition) is 2. The number of carbonyl (C=O) groups excluding carboxylic acids is 1. The quantitative estimate of drug-likeness (QED) is 0.586. The molecule has 6 nitrogen and oxygen atoms in total. The van der Waals surface area contributed by atoms with Crippen molar-refractivity contribution in [2.24, 2.45) is 0 Å². The Morgan fingerprint density at radius 2 is 2.06 bits per heavy atom. The lowest BCUT2D eigenvalue weighted by Gasteiger charge is -2.49. The van der Waals surface area contributed by atoms with Crippen molar-refractivity contribution in [3.05, 3.63) is 59.4 Å². The van der Waals surface area contributed by atoms with Gasteiger partial charge in [0.25, 0.3) is 5.91 Å². The molecule has 33 heavy (non-hydrogen) atoms. The summed E-state index contributed by atoms with van der Waals surface area (Å²) in [7, 11) is 0. The minimum absolute atomic E-state index is 0.0351. The van der Waals surface area contributed by atoms with Gasteiger partial charge in [-0.15, -0.1) is 0 Å². The summed E-state index contributed by atoms with van der Waals surface area (Å²) < 4.78 is 1.95. The second-order valence-electron chi connectivity index (χ2n) is 9.50. The maximum atomic E-state index is 13.6. The van der Waals surface area contributed by atoms with Crippen molar-refractivity contribution in [1.29, 1.82) is 0 Å². The topological polar surface area (TPSA) is 62.2 Å². The molecule has 2 aliphatic rings. The van der Waals surface area contributed by atoms with E-state index < -0.39 is 0 Å². The van der Waals surface area contributed by atoms with E-state index in [4.69, 9.17) is 11.6 Å². The van der Waals surface area contributed by atoms with Crippen molar-refractivity contribution in [2.75, 3.05) is 26.2 Å². The van der Waals surface area contributed by atoms with E-state index in [1.807, 2.05) is 47.2 Å². The average Bonchev–Trinajstić information content (AvgIpc) is 3.25. The Bertz CT molecular complexity index is 1120. The number of pyridine rings is 1. The Kier molecular flexibility index (Phi) is 6.41. The number of aromatic nitrogens is 2. The van der Waals surface area contributed by atoms with Gasteiger partial charge >= 0.3 is 0 Å². The highest BCUT2D eigenvalue weighted by molar-refractivity contribution is 6.37. The lowest BCUT2D eigenvalue weighted by molar-refractivity contribution is 0.0273. The molecule has 7 heteroatoms. The van der Waals surface area contributed by atoms with Gasteiger partial charge in [-0.1, -0.05) is 43.0 Å². The first-order valence-corrected chi connectivity index (χ1v) is 12.4. The van der Waals surface area contributed by atoms with E-state index in [9.17, 15) is 4.79 Å². The maximum absolute atomic E-state index is 13.6. The lowest BCUT2D eigenvalue weighted by atomic mass is 9.79. The molecule has 1 amide bonds. The predicted molar refractivity (Wildman–Crippen MR) is 133 cm³/mol. The average molecular weight is 466 g/mol. The normalized spacial score (nSPS) is 21.2. The van der Waals surface area contributed by atoms with Crippen LogP contribution in [-0.2, 0) is 0 Å². The standard InChI is InChI=1S/C26H32ClN5O/c1-19-16-31(15-14-28-19)26(11-4-2-5-12-26)18-30-25(33)20-17-32(23-10-3-6-13-29-23)22-9-7-8-21(27)24(20)22/h3,6-10,13,17,19,28H,2,4-5,11-12,14-16,18H2,1H3,(H,30,33). The van der Waals surface area contributed by atoms with Crippen LogP contribution >= 0.6 is 11.6 Å². The van der Waals surface area contributed by atoms with Gasteiger partial charge < -0.3 is 15.2 Å². The van der Waals surface area contributed by atoms with Crippen molar-refractivity contribution < 1.29 is 4.79 Å². The molecule has 3 aromatic rings. The molecule has 1 saturated heterocycles. The van der Waals surface area contributed by atoms with E-state index in [0.29, 0.717) is 23.2 Å². The summed E-state index contributed by atoms with van der Waals surface area (Å²) in [6.45, 7) is 5.98. The summed E-state index contributed by atoms with van der Waals surface area (Å²) in [5.41, 5.74) is 1.52. The third kappa shape index (κ3) is 4.39. The molecule has 1 aliphatic heterocycles. The molecule has 0 bridgehead atoms. The second kappa shape index (κ2) is 9.45. The molecule has 1 unspecified atom stereocenters. The van der Waals surface area contributed by atoms with Crippen molar-refractivity contribution in [3.8, 4) is 5.82 Å². The molecular formula is C26H32ClN5O. The summed E-state index contributed by atoms with van der Waals surface area (Å²) in [6, 6.07) is 12.0. The molecule has 2 N–H and O–H groups in total. The Morgan fingerprint density at radius 1 is 1.21 bits per heavy atom. The van der Waals surface area contributed by atoms with Crippen LogP contribution in [0.1, 0.15) is 49.4 Å². The van der Waals surface area contributed by atoms with E-state index >= 15 is 0 Å². The molecule has 1 aliphatic carbocycles. The number of fused-ring (bicyclic) bond motifs is 1. The Labute approximate surface area is 200 Å². The number of nitrogens with one attached hydrogen (secondary N) is 2. The first-order chi connectivity index (χ1) is 16.1. The fourth-order valence-corrected chi connectivity index (χ4v) is 5.89. The van der Waals surface area contributed by atoms with Crippen LogP contribution in [0.2, 0.25) is 5.02 Å². The molecule has 5 rings (SSSR count). The predicted octanol–water partition coefficient (Wildman–Crippen LogP) is 4.41. The van der Waals surface area contributed by atoms with Crippen molar-refractivity contribution >= 4 is 28.4 Å². The molecular weight excluding hydrogens is 434 g/mol. The summed E-state index contributed by atoms with van der Waals surface area (Å²) in [4.78, 5) is 20.7. The molecule has 174 valence electrons. The first-order valence-electron chi connectivity index (χ1n) is 12.0. The van der Waals surface area contributed by atoms with E-state index in [0.717, 1.165) is 49.2 Å². The van der Waals surface area contributed by atoms with Crippen LogP contribution in [0.4, 0.5) is 0 Å². The number of amides is 1. The van der Waals surface area contributed by atoms with Crippen molar-refractivity contribution in [2.45, 2.75) is 50.6 Å². The number of halogens is 1. The van der Waals surface area contributed by atoms with E-state index in [1.54, 1.807) is 6.20 Å². The van der Waals surface area contributed by atoms with Crippen LogP contribution in [-0.4, -0.2) is 58.1 Å². The van der Waals surface area contributed by atoms with Gasteiger partial charge in [0.15, 0.2) is 0 Å². The molecule has 2 fully saturated rings. The number of rotatable bonds is 5. The van der Waals surface area contributed by atoms with Gasteiger partial charge in [0.1, 0.15) is 5.82 Å². The summed E-state index contributed by atoms with van der Waals surface area (Å²) >= 11 is 6.59. The zero-order valence-corrected chi connectivity index (χ0v) is 19.9. The van der Waals surface area contributed by atoms with Gasteiger partial charge in [-0.05, 0) is 44.0 Å². The highest BCUT2D eigenvalue weighted by atomic mass is 35.5. The fourth-order valence-electron chi connectivity index (χ4n) is 5.62. The van der Waals surface area contributed by atoms with Gasteiger partial charge in [-0.25, -0.2) is 4.98 Å². The zero-order valence-electron chi connectivity index (χ0n) is 19.2. The van der Waals surface area contributed by atoms with Crippen LogP contribution in [0, 0.1) is 0 Å². The van der Waals surface area contributed by atoms with Gasteiger partial charge in [-0.2, -0.15) is 0 Å². The number of hydrogen-bond acceptors (Lipinski definition) is 4. The molecule has 1 aromatic carbocycles. The third-order valence-electron chi connectivity index (χ3n) is 7.32. The summed E-state index contributed by atoms with van der Waals surface area (Å²) in [5, 5.41) is 8.22. The Hall–Kier alpha value is -2.41. The van der Waals surface area contributed by atoms with Crippen molar-refractivity contribution in [1.82, 2.24) is 25.1 Å². The van der Waals surface area contributed by atoms with Gasteiger partial charge in [-0.3, -0.25) is 9.69 Å². The van der Waals surface area contributed by atoms with Gasteiger partial charge in [0, 0.05) is 55.5 Å². The number of carbonyl (C=O) groups is 1. The molecule has 0 radical (unpaired) electrons. The monoisotopic (exact) mass is 465 g/mol. The minimum atomic E-state index is -0.0732. The highest BCUT2D eigenvalue weighted by Crippen LogP contribution is 2.35. The Morgan fingerprint density at radius 3 is 2.82 bits per heavy atom. The van der Waals surface area contributed by atoms with Crippen LogP contribution in [0.3, 0.4) is 0 Å². The molecule has 0 spiro atoms. The van der Waals surface area contributed by atoms with Crippen LogP contribution in [0.15, 0.2) is 48.8 Å². The highest BCUT2D eigenvalue weighted by Gasteiger charge is 2.39. The van der Waals surface area contributed by atoms with E-state index in [2.05, 4.69) is 27.4 Å². The minimum Gasteiger partial charge on any atom is -0.350 e. The fraction of sp³-hybridized carbons (Fsp3) is 0.462. The van der Waals surface area contributed by atoms with Crippen molar-refractivity contribution in [3.63, 3.8) is 0 Å². The van der Waals surface area contributed by atoms with E-state index in [1.165, 1.54) is 19.3 Å². The largest absolute Gasteiger partial charge is 0.350 e. The smallest absolute Gasteiger partial charge is 0.253 e. The number of benzene rings is 1. The molecule has 2 aromatic heterocycles. The van der Waals surface area contributed by atoms with Crippen LogP contribution < -0.4 is 10.6 Å². The maximum Gasteiger partial charge on any atom is 0.253 e. The zero-order chi connectivity index (χ0) is 22.8. The second-order valence-corrected chi connectivity index (χ2v) is 9.91. The van der Waals surface area contributed by atoms with Gasteiger partial charge in [0.05, 0.1) is 16.1 Å². The molecule has 1 saturated carbocycles. The molecule has 1 atom stereocenters. The van der Waals surface area contributed by atoms with Gasteiger partial charge in [0.2, 0.25) is 0 Å². The Balaban J connectivity index is 1.44. The summed E-state index contributed by atoms with van der Waals surface area (Å²) in [6.07, 6.45) is 9.62.